The molecule has 6 heteroatoms. The highest BCUT2D eigenvalue weighted by Gasteiger charge is 2.04. The van der Waals surface area contributed by atoms with Crippen LogP contribution in [0, 0.1) is 0 Å². The first kappa shape index (κ1) is 54.1. The van der Waals surface area contributed by atoms with Crippen molar-refractivity contribution in [1.82, 2.24) is 20.4 Å². The number of hydrogen-bond donors (Lipinski definition) is 2. The number of likely N-dealkylation sites (N-methyl/N-ethyl adjacent to an activating group) is 1. The van der Waals surface area contributed by atoms with Gasteiger partial charge in [-0.25, -0.2) is 0 Å². The zero-order valence-electron chi connectivity index (χ0n) is 38.0. The van der Waals surface area contributed by atoms with Crippen LogP contribution >= 0.6 is 0 Å². The molecule has 56 heavy (non-hydrogen) atoms. The van der Waals surface area contributed by atoms with Gasteiger partial charge in [-0.05, 0) is 117 Å². The lowest BCUT2D eigenvalue weighted by Crippen LogP contribution is -2.28. The van der Waals surface area contributed by atoms with Crippen LogP contribution in [0.15, 0.2) is 36.5 Å². The second-order valence-corrected chi connectivity index (χ2v) is 16.8. The maximum Gasteiger partial charge on any atom is 0.219 e. The quantitative estimate of drug-likeness (QED) is 0.0477. The first-order chi connectivity index (χ1) is 27.5. The summed E-state index contributed by atoms with van der Waals surface area (Å²) in [6.07, 6.45) is 53.0. The van der Waals surface area contributed by atoms with E-state index >= 15 is 0 Å². The van der Waals surface area contributed by atoms with Gasteiger partial charge in [0, 0.05) is 39.0 Å². The van der Waals surface area contributed by atoms with Crippen molar-refractivity contribution >= 4 is 11.8 Å². The smallest absolute Gasteiger partial charge is 0.219 e. The van der Waals surface area contributed by atoms with Crippen LogP contribution in [0.5, 0.6) is 0 Å². The van der Waals surface area contributed by atoms with Crippen LogP contribution in [0.4, 0.5) is 0 Å². The summed E-state index contributed by atoms with van der Waals surface area (Å²) < 4.78 is 0. The molecule has 0 saturated heterocycles. The Morgan fingerprint density at radius 3 is 1.21 bits per heavy atom. The minimum absolute atomic E-state index is 0.214. The van der Waals surface area contributed by atoms with Crippen LogP contribution in [0.1, 0.15) is 219 Å². The predicted molar refractivity (Wildman–Crippen MR) is 248 cm³/mol. The molecule has 0 bridgehead atoms. The molecule has 2 amide bonds. The fourth-order valence-electron chi connectivity index (χ4n) is 7.07. The Kier molecular flexibility index (Phi) is 44.2. The van der Waals surface area contributed by atoms with Crippen molar-refractivity contribution in [1.29, 1.82) is 0 Å². The average Bonchev–Trinajstić information content (AvgIpc) is 3.19. The van der Waals surface area contributed by atoms with Gasteiger partial charge in [0.1, 0.15) is 0 Å². The van der Waals surface area contributed by atoms with Crippen LogP contribution in [0.2, 0.25) is 0 Å². The van der Waals surface area contributed by atoms with Crippen LogP contribution in [0.25, 0.3) is 0 Å². The van der Waals surface area contributed by atoms with Gasteiger partial charge in [0.15, 0.2) is 0 Å². The van der Waals surface area contributed by atoms with E-state index in [0.717, 1.165) is 77.8 Å². The minimum atomic E-state index is 0.214. The van der Waals surface area contributed by atoms with E-state index in [1.54, 1.807) is 0 Å². The predicted octanol–water partition coefficient (Wildman–Crippen LogP) is 13.3. The second kappa shape index (κ2) is 45.8. The SMILES string of the molecule is CCCCCCCC/C=C\CCCCCCCC(=O)NCCCCN(C)CC=CCCN(C)CCCNC(=O)CCCCCCC/C=C/CCCCCCCC. The van der Waals surface area contributed by atoms with E-state index in [1.807, 2.05) is 0 Å². The Hall–Kier alpha value is -1.92. The summed E-state index contributed by atoms with van der Waals surface area (Å²) in [6, 6.07) is 0. The van der Waals surface area contributed by atoms with Gasteiger partial charge in [0.05, 0.1) is 0 Å². The van der Waals surface area contributed by atoms with E-state index in [0.29, 0.717) is 12.8 Å². The highest BCUT2D eigenvalue weighted by atomic mass is 16.2. The maximum atomic E-state index is 12.2. The molecule has 0 aromatic heterocycles. The molecule has 0 unspecified atom stereocenters. The number of unbranched alkanes of at least 4 members (excludes halogenated alkanes) is 23. The van der Waals surface area contributed by atoms with E-state index in [1.165, 1.54) is 154 Å². The summed E-state index contributed by atoms with van der Waals surface area (Å²) in [5.41, 5.74) is 0. The van der Waals surface area contributed by atoms with Crippen molar-refractivity contribution in [2.24, 2.45) is 0 Å². The van der Waals surface area contributed by atoms with Crippen molar-refractivity contribution in [3.8, 4) is 0 Å². The number of carbonyl (C=O) groups excluding carboxylic acids is 2. The summed E-state index contributed by atoms with van der Waals surface area (Å²) >= 11 is 0. The van der Waals surface area contributed by atoms with Gasteiger partial charge >= 0.3 is 0 Å². The molecule has 0 atom stereocenters. The third-order valence-corrected chi connectivity index (χ3v) is 10.9. The molecule has 0 aromatic carbocycles. The van der Waals surface area contributed by atoms with Crippen molar-refractivity contribution < 1.29 is 9.59 Å². The lowest BCUT2D eigenvalue weighted by atomic mass is 10.1. The Labute approximate surface area is 349 Å². The third kappa shape index (κ3) is 44.8. The molecule has 0 fully saturated rings. The molecule has 0 rings (SSSR count). The summed E-state index contributed by atoms with van der Waals surface area (Å²) in [4.78, 5) is 29.1. The molecular weight excluding hydrogens is 689 g/mol. The molecule has 0 aromatic rings. The molecule has 0 heterocycles. The molecular formula is C50H96N4O2. The van der Waals surface area contributed by atoms with Gasteiger partial charge in [-0.1, -0.05) is 153 Å². The lowest BCUT2D eigenvalue weighted by Gasteiger charge is -2.16. The highest BCUT2D eigenvalue weighted by molar-refractivity contribution is 5.76. The molecule has 0 aliphatic rings. The molecule has 0 aliphatic carbocycles. The van der Waals surface area contributed by atoms with E-state index in [4.69, 9.17) is 0 Å². The molecule has 0 spiro atoms. The standard InChI is InChI=1S/C50H96N4O2/c1-5-7-9-11-13-15-17-19-21-23-25-27-29-31-34-41-49(55)51-43-36-39-47-53(3)45-37-33-38-46-54(4)48-40-44-52-50(56)42-35-32-30-28-26-24-22-20-18-16-14-12-10-8-6-2/h19-22,33,37H,5-18,23-32,34-36,38-48H2,1-4H3,(H,51,55)(H,52,56)/b21-19-,22-20+,37-33?. The molecule has 0 radical (unpaired) electrons. The normalized spacial score (nSPS) is 12.0. The van der Waals surface area contributed by atoms with Gasteiger partial charge < -0.3 is 20.4 Å². The van der Waals surface area contributed by atoms with Crippen LogP contribution in [0.3, 0.4) is 0 Å². The van der Waals surface area contributed by atoms with Crippen molar-refractivity contribution in [3.05, 3.63) is 36.5 Å². The van der Waals surface area contributed by atoms with Crippen LogP contribution < -0.4 is 10.6 Å². The number of nitrogens with one attached hydrogen (secondary N) is 2. The molecule has 2 N–H and O–H groups in total. The van der Waals surface area contributed by atoms with Crippen molar-refractivity contribution in [2.45, 2.75) is 219 Å². The fraction of sp³-hybridized carbons (Fsp3) is 0.840. The van der Waals surface area contributed by atoms with Crippen LogP contribution in [-0.4, -0.2) is 75.0 Å². The Balaban J connectivity index is 3.50. The zero-order valence-corrected chi connectivity index (χ0v) is 38.0. The minimum Gasteiger partial charge on any atom is -0.356 e. The first-order valence-electron chi connectivity index (χ1n) is 24.3. The Morgan fingerprint density at radius 1 is 0.375 bits per heavy atom. The summed E-state index contributed by atoms with van der Waals surface area (Å²) in [7, 11) is 4.35. The monoisotopic (exact) mass is 785 g/mol. The van der Waals surface area contributed by atoms with E-state index in [9.17, 15) is 9.59 Å². The van der Waals surface area contributed by atoms with Gasteiger partial charge in [-0.15, -0.1) is 0 Å². The maximum absolute atomic E-state index is 12.2. The summed E-state index contributed by atoms with van der Waals surface area (Å²) in [6.45, 7) is 10.2. The zero-order chi connectivity index (χ0) is 40.8. The van der Waals surface area contributed by atoms with Gasteiger partial charge in [0.25, 0.3) is 0 Å². The molecule has 328 valence electrons. The number of amides is 2. The highest BCUT2D eigenvalue weighted by Crippen LogP contribution is 2.12. The first-order valence-corrected chi connectivity index (χ1v) is 24.3. The number of rotatable bonds is 44. The van der Waals surface area contributed by atoms with Gasteiger partial charge in [-0.2, -0.15) is 0 Å². The summed E-state index contributed by atoms with van der Waals surface area (Å²) in [5.74, 6) is 0.434. The van der Waals surface area contributed by atoms with E-state index in [2.05, 4.69) is 84.8 Å². The topological polar surface area (TPSA) is 64.7 Å². The van der Waals surface area contributed by atoms with E-state index in [-0.39, 0.29) is 11.8 Å². The number of nitrogens with zero attached hydrogens (tertiary/aromatic N) is 2. The number of allylic oxidation sites excluding steroid dienone is 4. The second-order valence-electron chi connectivity index (χ2n) is 16.8. The molecule has 0 saturated carbocycles. The fourth-order valence-corrected chi connectivity index (χ4v) is 7.07. The van der Waals surface area contributed by atoms with E-state index < -0.39 is 0 Å². The van der Waals surface area contributed by atoms with Crippen LogP contribution in [-0.2, 0) is 9.59 Å². The largest absolute Gasteiger partial charge is 0.356 e. The number of hydrogen-bond acceptors (Lipinski definition) is 4. The molecule has 6 nitrogen and oxygen atoms in total. The lowest BCUT2D eigenvalue weighted by molar-refractivity contribution is -0.122. The summed E-state index contributed by atoms with van der Waals surface area (Å²) in [5, 5.41) is 6.24. The van der Waals surface area contributed by atoms with Crippen molar-refractivity contribution in [2.75, 3.05) is 53.4 Å². The number of carbonyl (C=O) groups is 2. The van der Waals surface area contributed by atoms with Gasteiger partial charge in [0.2, 0.25) is 11.8 Å². The third-order valence-electron chi connectivity index (χ3n) is 10.9. The van der Waals surface area contributed by atoms with Crippen molar-refractivity contribution in [3.63, 3.8) is 0 Å². The Bertz CT molecular complexity index is 917. The molecule has 0 aliphatic heterocycles. The Morgan fingerprint density at radius 2 is 0.750 bits per heavy atom. The average molecular weight is 785 g/mol. The van der Waals surface area contributed by atoms with Gasteiger partial charge in [-0.3, -0.25) is 9.59 Å².